The predicted molar refractivity (Wildman–Crippen MR) is 137 cm³/mol. The molecule has 2 aromatic carbocycles. The molecule has 2 heterocycles. The number of ketones is 1. The van der Waals surface area contributed by atoms with Crippen LogP contribution in [0.1, 0.15) is 49.7 Å². The third kappa shape index (κ3) is 4.67. The van der Waals surface area contributed by atoms with Crippen molar-refractivity contribution in [2.45, 2.75) is 38.5 Å². The predicted octanol–water partition coefficient (Wildman–Crippen LogP) is 5.12. The van der Waals surface area contributed by atoms with Gasteiger partial charge in [0.25, 0.3) is 0 Å². The molecule has 188 valence electrons. The van der Waals surface area contributed by atoms with Gasteiger partial charge in [-0.2, -0.15) is 0 Å². The van der Waals surface area contributed by atoms with Crippen molar-refractivity contribution in [3.05, 3.63) is 80.6 Å². The zero-order chi connectivity index (χ0) is 25.2. The van der Waals surface area contributed by atoms with Gasteiger partial charge in [0.2, 0.25) is 6.79 Å². The lowest BCUT2D eigenvalue weighted by atomic mass is 9.71. The van der Waals surface area contributed by atoms with Crippen molar-refractivity contribution in [1.29, 1.82) is 0 Å². The summed E-state index contributed by atoms with van der Waals surface area (Å²) in [5.74, 6) is 0.209. The van der Waals surface area contributed by atoms with Crippen LogP contribution < -0.4 is 14.8 Å². The Morgan fingerprint density at radius 3 is 2.61 bits per heavy atom. The van der Waals surface area contributed by atoms with E-state index in [0.29, 0.717) is 54.4 Å². The monoisotopic (exact) mass is 553 g/mol. The zero-order valence-electron chi connectivity index (χ0n) is 20.3. The van der Waals surface area contributed by atoms with Crippen LogP contribution in [0.3, 0.4) is 0 Å². The minimum atomic E-state index is -0.603. The summed E-state index contributed by atoms with van der Waals surface area (Å²) < 4.78 is 22.8. The summed E-state index contributed by atoms with van der Waals surface area (Å²) in [6, 6.07) is 13.8. The van der Waals surface area contributed by atoms with Crippen LogP contribution in [0.15, 0.2) is 69.5 Å². The van der Waals surface area contributed by atoms with Crippen LogP contribution in [-0.2, 0) is 19.1 Å². The first-order valence-electron chi connectivity index (χ1n) is 12.1. The Morgan fingerprint density at radius 1 is 1.11 bits per heavy atom. The second-order valence-corrected chi connectivity index (χ2v) is 9.84. The highest BCUT2D eigenvalue weighted by molar-refractivity contribution is 9.10. The van der Waals surface area contributed by atoms with Crippen molar-refractivity contribution in [2.24, 2.45) is 0 Å². The van der Waals surface area contributed by atoms with Crippen molar-refractivity contribution < 1.29 is 28.5 Å². The van der Waals surface area contributed by atoms with Crippen molar-refractivity contribution in [1.82, 2.24) is 5.32 Å². The van der Waals surface area contributed by atoms with Gasteiger partial charge in [0.15, 0.2) is 17.3 Å². The molecule has 0 fully saturated rings. The molecule has 36 heavy (non-hydrogen) atoms. The van der Waals surface area contributed by atoms with Gasteiger partial charge in [-0.25, -0.2) is 4.79 Å². The average Bonchev–Trinajstić information content (AvgIpc) is 3.32. The van der Waals surface area contributed by atoms with Crippen LogP contribution >= 0.6 is 15.9 Å². The maximum atomic E-state index is 13.8. The van der Waals surface area contributed by atoms with Crippen LogP contribution in [0, 0.1) is 0 Å². The molecule has 2 atom stereocenters. The van der Waals surface area contributed by atoms with Crippen LogP contribution in [0.2, 0.25) is 0 Å². The summed E-state index contributed by atoms with van der Waals surface area (Å²) in [5.41, 5.74) is 4.42. The SMILES string of the molecule is CCOCCOC(=O)C1=C(C)NC2=C(C(=O)C[C@H](c3ccccc3)C2)[C@H]1c1cc2c(cc1Br)OCO2. The van der Waals surface area contributed by atoms with Crippen LogP contribution in [0.25, 0.3) is 0 Å². The molecule has 0 spiro atoms. The number of Topliss-reactive ketones (excluding diaryl/α,β-unsaturated/α-hetero) is 1. The van der Waals surface area contributed by atoms with E-state index < -0.39 is 11.9 Å². The number of ether oxygens (including phenoxy) is 4. The number of benzene rings is 2. The van der Waals surface area contributed by atoms with Crippen LogP contribution in [0.4, 0.5) is 0 Å². The van der Waals surface area contributed by atoms with Crippen molar-refractivity contribution in [3.8, 4) is 11.5 Å². The van der Waals surface area contributed by atoms with E-state index in [-0.39, 0.29) is 25.1 Å². The first-order valence-corrected chi connectivity index (χ1v) is 12.9. The average molecular weight is 554 g/mol. The summed E-state index contributed by atoms with van der Waals surface area (Å²) in [7, 11) is 0. The highest BCUT2D eigenvalue weighted by Crippen LogP contribution is 2.49. The smallest absolute Gasteiger partial charge is 0.336 e. The van der Waals surface area contributed by atoms with Gasteiger partial charge in [-0.1, -0.05) is 46.3 Å². The van der Waals surface area contributed by atoms with Gasteiger partial charge >= 0.3 is 5.97 Å². The molecule has 0 saturated heterocycles. The summed E-state index contributed by atoms with van der Waals surface area (Å²) in [6.45, 7) is 4.86. The third-order valence-corrected chi connectivity index (χ3v) is 7.47. The summed E-state index contributed by atoms with van der Waals surface area (Å²) in [5, 5.41) is 3.39. The topological polar surface area (TPSA) is 83.1 Å². The first-order chi connectivity index (χ1) is 17.5. The zero-order valence-corrected chi connectivity index (χ0v) is 21.9. The van der Waals surface area contributed by atoms with E-state index in [1.165, 1.54) is 0 Å². The van der Waals surface area contributed by atoms with Gasteiger partial charge < -0.3 is 24.3 Å². The number of halogens is 1. The Kier molecular flexibility index (Phi) is 7.16. The number of allylic oxidation sites excluding steroid dienone is 3. The first kappa shape index (κ1) is 24.6. The van der Waals surface area contributed by atoms with Crippen molar-refractivity contribution in [3.63, 3.8) is 0 Å². The fourth-order valence-corrected chi connectivity index (χ4v) is 5.70. The largest absolute Gasteiger partial charge is 0.460 e. The summed E-state index contributed by atoms with van der Waals surface area (Å²) in [4.78, 5) is 27.1. The Balaban J connectivity index is 1.56. The molecule has 8 heteroatoms. The Hall–Kier alpha value is -3.10. The molecule has 0 unspecified atom stereocenters. The molecular formula is C28H28BrNO6. The highest BCUT2D eigenvalue weighted by Gasteiger charge is 2.42. The van der Waals surface area contributed by atoms with E-state index in [0.717, 1.165) is 21.3 Å². The maximum Gasteiger partial charge on any atom is 0.336 e. The number of dihydropyridines is 1. The summed E-state index contributed by atoms with van der Waals surface area (Å²) >= 11 is 3.66. The minimum absolute atomic E-state index is 0.0132. The minimum Gasteiger partial charge on any atom is -0.460 e. The lowest BCUT2D eigenvalue weighted by molar-refractivity contribution is -0.140. The molecule has 1 N–H and O–H groups in total. The molecule has 5 rings (SSSR count). The number of hydrogen-bond donors (Lipinski definition) is 1. The van der Waals surface area contributed by atoms with Crippen LogP contribution in [-0.4, -0.2) is 38.4 Å². The van der Waals surface area contributed by atoms with Crippen molar-refractivity contribution in [2.75, 3.05) is 26.6 Å². The standard InChI is InChI=1S/C28H28BrNO6/c1-3-33-9-10-34-28(32)25-16(2)30-21-11-18(17-7-5-4-6-8-17)12-22(31)27(21)26(25)19-13-23-24(14-20(19)29)36-15-35-23/h4-8,13-14,18,26,30H,3,9-12,15H2,1-2H3/t18-,26+/m1/s1. The Bertz CT molecular complexity index is 1250. The van der Waals surface area contributed by atoms with Gasteiger partial charge in [0.05, 0.1) is 12.2 Å². The fraction of sp³-hybridized carbons (Fsp3) is 0.357. The van der Waals surface area contributed by atoms with E-state index >= 15 is 0 Å². The van der Waals surface area contributed by atoms with E-state index in [1.807, 2.05) is 44.2 Å². The number of esters is 1. The number of carbonyl (C=O) groups excluding carboxylic acids is 2. The lowest BCUT2D eigenvalue weighted by Crippen LogP contribution is -2.36. The maximum absolute atomic E-state index is 13.8. The quantitative estimate of drug-likeness (QED) is 0.376. The van der Waals surface area contributed by atoms with E-state index in [9.17, 15) is 9.59 Å². The van der Waals surface area contributed by atoms with Gasteiger partial charge in [0.1, 0.15) is 6.61 Å². The lowest BCUT2D eigenvalue weighted by Gasteiger charge is -2.37. The molecule has 3 aliphatic rings. The number of nitrogens with one attached hydrogen (secondary N) is 1. The van der Waals surface area contributed by atoms with Crippen molar-refractivity contribution >= 4 is 27.7 Å². The molecule has 2 aromatic rings. The highest BCUT2D eigenvalue weighted by atomic mass is 79.9. The number of fused-ring (bicyclic) bond motifs is 1. The molecule has 0 aromatic heterocycles. The molecular weight excluding hydrogens is 526 g/mol. The molecule has 0 saturated carbocycles. The second kappa shape index (κ2) is 10.5. The molecule has 0 amide bonds. The van der Waals surface area contributed by atoms with E-state index in [4.69, 9.17) is 18.9 Å². The van der Waals surface area contributed by atoms with E-state index in [2.05, 4.69) is 33.4 Å². The molecule has 7 nitrogen and oxygen atoms in total. The van der Waals surface area contributed by atoms with Gasteiger partial charge in [0, 0.05) is 40.4 Å². The van der Waals surface area contributed by atoms with Crippen LogP contribution in [0.5, 0.6) is 11.5 Å². The Labute approximate surface area is 218 Å². The van der Waals surface area contributed by atoms with Gasteiger partial charge in [-0.05, 0) is 49.4 Å². The normalized spacial score (nSPS) is 20.8. The number of carbonyl (C=O) groups is 2. The Morgan fingerprint density at radius 2 is 1.86 bits per heavy atom. The summed E-state index contributed by atoms with van der Waals surface area (Å²) in [6.07, 6.45) is 1.04. The van der Waals surface area contributed by atoms with E-state index in [1.54, 1.807) is 0 Å². The second-order valence-electron chi connectivity index (χ2n) is 8.99. The number of rotatable bonds is 7. The van der Waals surface area contributed by atoms with Gasteiger partial charge in [-0.3, -0.25) is 4.79 Å². The molecule has 2 aliphatic heterocycles. The fourth-order valence-electron chi connectivity index (χ4n) is 5.15. The number of hydrogen-bond acceptors (Lipinski definition) is 7. The molecule has 0 radical (unpaired) electrons. The third-order valence-electron chi connectivity index (χ3n) is 6.79. The van der Waals surface area contributed by atoms with Gasteiger partial charge in [-0.15, -0.1) is 0 Å². The molecule has 0 bridgehead atoms. The molecule has 1 aliphatic carbocycles.